The van der Waals surface area contributed by atoms with Gasteiger partial charge >= 0.3 is 0 Å². The summed E-state index contributed by atoms with van der Waals surface area (Å²) < 4.78 is 5.76. The fourth-order valence-electron chi connectivity index (χ4n) is 3.14. The molecule has 2 amide bonds. The molecule has 32 heavy (non-hydrogen) atoms. The van der Waals surface area contributed by atoms with Crippen LogP contribution in [-0.4, -0.2) is 21.0 Å². The third kappa shape index (κ3) is 5.04. The fourth-order valence-corrected chi connectivity index (χ4v) is 3.98. The summed E-state index contributed by atoms with van der Waals surface area (Å²) in [6.07, 6.45) is 1.65. The maximum atomic E-state index is 12.7. The molecule has 0 aromatic heterocycles. The van der Waals surface area contributed by atoms with E-state index < -0.39 is 16.1 Å². The van der Waals surface area contributed by atoms with Gasteiger partial charge in [0.2, 0.25) is 0 Å². The number of nitro benzene ring substituents is 1. The predicted octanol–water partition coefficient (Wildman–Crippen LogP) is 5.41. The van der Waals surface area contributed by atoms with Gasteiger partial charge in [0.15, 0.2) is 0 Å². The van der Waals surface area contributed by atoms with Crippen molar-refractivity contribution >= 4 is 34.7 Å². The topological polar surface area (TPSA) is 89.8 Å². The van der Waals surface area contributed by atoms with Crippen LogP contribution >= 0.6 is 11.8 Å². The lowest BCUT2D eigenvalue weighted by molar-refractivity contribution is -0.384. The molecule has 0 saturated carbocycles. The number of nitrogens with zero attached hydrogens (tertiary/aromatic N) is 2. The van der Waals surface area contributed by atoms with Crippen LogP contribution in [0.25, 0.3) is 6.08 Å². The zero-order chi connectivity index (χ0) is 22.5. The van der Waals surface area contributed by atoms with Crippen LogP contribution in [0.1, 0.15) is 16.7 Å². The van der Waals surface area contributed by atoms with Gasteiger partial charge in [-0.1, -0.05) is 54.6 Å². The quantitative estimate of drug-likeness (QED) is 0.274. The van der Waals surface area contributed by atoms with Crippen molar-refractivity contribution in [2.75, 3.05) is 0 Å². The number of nitro groups is 1. The van der Waals surface area contributed by atoms with Gasteiger partial charge in [-0.2, -0.15) is 0 Å². The molecular weight excluding hydrogens is 428 g/mol. The zero-order valence-corrected chi connectivity index (χ0v) is 17.7. The van der Waals surface area contributed by atoms with Crippen LogP contribution in [-0.2, 0) is 17.9 Å². The molecule has 1 fully saturated rings. The van der Waals surface area contributed by atoms with Crippen LogP contribution in [0, 0.1) is 10.1 Å². The third-order valence-electron chi connectivity index (χ3n) is 4.76. The summed E-state index contributed by atoms with van der Waals surface area (Å²) in [5.74, 6) is 0.278. The summed E-state index contributed by atoms with van der Waals surface area (Å²) in [6.45, 7) is 0.437. The van der Waals surface area contributed by atoms with Crippen LogP contribution in [0.5, 0.6) is 5.75 Å². The molecule has 0 radical (unpaired) electrons. The van der Waals surface area contributed by atoms with E-state index in [1.54, 1.807) is 12.1 Å². The Kier molecular flexibility index (Phi) is 6.32. The van der Waals surface area contributed by atoms with Crippen molar-refractivity contribution in [3.8, 4) is 5.75 Å². The molecule has 4 rings (SSSR count). The first-order chi connectivity index (χ1) is 15.5. The molecule has 1 aliphatic rings. The van der Waals surface area contributed by atoms with E-state index in [2.05, 4.69) is 0 Å². The van der Waals surface area contributed by atoms with Crippen molar-refractivity contribution in [2.24, 2.45) is 0 Å². The lowest BCUT2D eigenvalue weighted by atomic mass is 10.2. The van der Waals surface area contributed by atoms with E-state index in [0.717, 1.165) is 27.8 Å². The first-order valence-corrected chi connectivity index (χ1v) is 10.6. The fraction of sp³-hybridized carbons (Fsp3) is 0.0833. The Balaban J connectivity index is 1.42. The number of ether oxygens (including phenoxy) is 1. The molecule has 0 unspecified atom stereocenters. The number of non-ortho nitro benzene ring substituents is 1. The van der Waals surface area contributed by atoms with Crippen LogP contribution in [0.2, 0.25) is 0 Å². The summed E-state index contributed by atoms with van der Waals surface area (Å²) in [7, 11) is 0. The van der Waals surface area contributed by atoms with Crippen LogP contribution < -0.4 is 4.74 Å². The highest BCUT2D eigenvalue weighted by Gasteiger charge is 2.35. The summed E-state index contributed by atoms with van der Waals surface area (Å²) in [5, 5.41) is 10.5. The Labute approximate surface area is 188 Å². The number of amides is 2. The number of rotatable bonds is 7. The maximum absolute atomic E-state index is 12.7. The Morgan fingerprint density at radius 1 is 0.938 bits per heavy atom. The number of hydrogen-bond acceptors (Lipinski definition) is 6. The second kappa shape index (κ2) is 9.49. The average molecular weight is 446 g/mol. The summed E-state index contributed by atoms with van der Waals surface area (Å²) in [6, 6.07) is 23.0. The molecule has 1 saturated heterocycles. The first-order valence-electron chi connectivity index (χ1n) is 9.75. The number of hydrogen-bond donors (Lipinski definition) is 0. The van der Waals surface area contributed by atoms with Gasteiger partial charge < -0.3 is 4.74 Å². The number of thioether (sulfide) groups is 1. The van der Waals surface area contributed by atoms with E-state index in [1.165, 1.54) is 18.2 Å². The SMILES string of the molecule is O=C1S/C(=C\c2ccc(OCc3ccccc3)cc2)C(=O)N1Cc1cccc([N+](=O)[O-])c1. The Morgan fingerprint density at radius 2 is 1.66 bits per heavy atom. The minimum Gasteiger partial charge on any atom is -0.489 e. The minimum absolute atomic E-state index is 0.0179. The number of imide groups is 1. The van der Waals surface area contributed by atoms with Gasteiger partial charge in [0.25, 0.3) is 16.8 Å². The van der Waals surface area contributed by atoms with Crippen molar-refractivity contribution in [2.45, 2.75) is 13.2 Å². The molecule has 0 aliphatic carbocycles. The van der Waals surface area contributed by atoms with Crippen LogP contribution in [0.3, 0.4) is 0 Å². The van der Waals surface area contributed by atoms with Crippen molar-refractivity contribution in [3.63, 3.8) is 0 Å². The van der Waals surface area contributed by atoms with Gasteiger partial charge in [-0.3, -0.25) is 24.6 Å². The van der Waals surface area contributed by atoms with Crippen LogP contribution in [0.4, 0.5) is 10.5 Å². The first kappa shape index (κ1) is 21.3. The Morgan fingerprint density at radius 3 is 2.38 bits per heavy atom. The third-order valence-corrected chi connectivity index (χ3v) is 5.67. The molecule has 7 nitrogen and oxygen atoms in total. The van der Waals surface area contributed by atoms with Crippen molar-refractivity contribution < 1.29 is 19.2 Å². The van der Waals surface area contributed by atoms with E-state index in [4.69, 9.17) is 4.74 Å². The number of benzene rings is 3. The summed E-state index contributed by atoms with van der Waals surface area (Å²) in [4.78, 5) is 36.9. The smallest absolute Gasteiger partial charge is 0.293 e. The van der Waals surface area contributed by atoms with E-state index in [1.807, 2.05) is 54.6 Å². The van der Waals surface area contributed by atoms with Gasteiger partial charge in [0, 0.05) is 12.1 Å². The largest absolute Gasteiger partial charge is 0.489 e. The summed E-state index contributed by atoms with van der Waals surface area (Å²) >= 11 is 0.852. The van der Waals surface area contributed by atoms with Crippen molar-refractivity contribution in [1.82, 2.24) is 4.90 Å². The molecule has 0 N–H and O–H groups in total. The number of carbonyl (C=O) groups excluding carboxylic acids is 2. The maximum Gasteiger partial charge on any atom is 0.293 e. The highest BCUT2D eigenvalue weighted by atomic mass is 32.2. The monoisotopic (exact) mass is 446 g/mol. The standard InChI is InChI=1S/C24H18N2O5S/c27-23-22(32-24(28)25(23)15-19-7-4-8-20(13-19)26(29)30)14-17-9-11-21(12-10-17)31-16-18-5-2-1-3-6-18/h1-14H,15-16H2/b22-14-. The highest BCUT2D eigenvalue weighted by molar-refractivity contribution is 8.18. The molecule has 0 spiro atoms. The molecule has 3 aromatic rings. The number of carbonyl (C=O) groups is 2. The van der Waals surface area contributed by atoms with E-state index in [-0.39, 0.29) is 12.2 Å². The Bertz CT molecular complexity index is 1190. The minimum atomic E-state index is -0.509. The molecule has 0 atom stereocenters. The van der Waals surface area contributed by atoms with E-state index >= 15 is 0 Å². The van der Waals surface area contributed by atoms with Crippen LogP contribution in [0.15, 0.2) is 83.8 Å². The molecule has 0 bridgehead atoms. The van der Waals surface area contributed by atoms with Gasteiger partial charge in [0.05, 0.1) is 16.4 Å². The highest BCUT2D eigenvalue weighted by Crippen LogP contribution is 2.33. The van der Waals surface area contributed by atoms with Crippen molar-refractivity contribution in [1.29, 1.82) is 0 Å². The summed E-state index contributed by atoms with van der Waals surface area (Å²) in [5.41, 5.74) is 2.26. The lowest BCUT2D eigenvalue weighted by Crippen LogP contribution is -2.27. The molecule has 3 aromatic carbocycles. The predicted molar refractivity (Wildman–Crippen MR) is 122 cm³/mol. The normalized spacial score (nSPS) is 14.8. The second-order valence-corrected chi connectivity index (χ2v) is 8.03. The van der Waals surface area contributed by atoms with Gasteiger partial charge in [0.1, 0.15) is 12.4 Å². The second-order valence-electron chi connectivity index (χ2n) is 7.04. The van der Waals surface area contributed by atoms with Gasteiger partial charge in [-0.15, -0.1) is 0 Å². The van der Waals surface area contributed by atoms with E-state index in [0.29, 0.717) is 22.8 Å². The molecule has 8 heteroatoms. The lowest BCUT2D eigenvalue weighted by Gasteiger charge is -2.12. The van der Waals surface area contributed by atoms with Crippen molar-refractivity contribution in [3.05, 3.63) is 111 Å². The molecular formula is C24H18N2O5S. The molecule has 1 heterocycles. The molecule has 1 aliphatic heterocycles. The van der Waals surface area contributed by atoms with Gasteiger partial charge in [-0.25, -0.2) is 0 Å². The van der Waals surface area contributed by atoms with Gasteiger partial charge in [-0.05, 0) is 46.7 Å². The van der Waals surface area contributed by atoms with E-state index in [9.17, 15) is 19.7 Å². The molecule has 160 valence electrons. The zero-order valence-electron chi connectivity index (χ0n) is 16.8. The Hall–Kier alpha value is -3.91. The average Bonchev–Trinajstić information content (AvgIpc) is 3.07.